The lowest BCUT2D eigenvalue weighted by Gasteiger charge is -2.28. The number of ether oxygens (including phenoxy) is 2. The van der Waals surface area contributed by atoms with Crippen molar-refractivity contribution >= 4 is 52.9 Å². The molecule has 29 heavy (non-hydrogen) atoms. The number of allylic oxidation sites excluding steroid dienone is 1. The molecule has 1 atom stereocenters. The summed E-state index contributed by atoms with van der Waals surface area (Å²) >= 11 is 13.6. The largest absolute Gasteiger partial charge is 0.468 e. The molecule has 2 heterocycles. The summed E-state index contributed by atoms with van der Waals surface area (Å²) in [7, 11) is 1.31. The highest BCUT2D eigenvalue weighted by atomic mass is 35.5. The van der Waals surface area contributed by atoms with Crippen LogP contribution in [0.5, 0.6) is 0 Å². The minimum Gasteiger partial charge on any atom is -0.468 e. The van der Waals surface area contributed by atoms with E-state index in [1.807, 2.05) is 0 Å². The number of fused-ring (bicyclic) bond motifs is 1. The van der Waals surface area contributed by atoms with Crippen LogP contribution in [0.4, 0.5) is 5.95 Å². The number of carbonyl (C=O) groups excluding carboxylic acids is 2. The minimum absolute atomic E-state index is 0.0590. The van der Waals surface area contributed by atoms with E-state index in [9.17, 15) is 9.59 Å². The van der Waals surface area contributed by atoms with Gasteiger partial charge in [0.15, 0.2) is 0 Å². The molecule has 0 spiro atoms. The highest BCUT2D eigenvalue weighted by Gasteiger charge is 2.36. The molecule has 2 aromatic rings. The van der Waals surface area contributed by atoms with Crippen molar-refractivity contribution in [3.63, 3.8) is 0 Å². The summed E-state index contributed by atoms with van der Waals surface area (Å²) in [6, 6.07) is 4.35. The first-order chi connectivity index (χ1) is 13.8. The molecule has 0 bridgehead atoms. The predicted molar refractivity (Wildman–Crippen MR) is 110 cm³/mol. The van der Waals surface area contributed by atoms with Gasteiger partial charge in [-0.05, 0) is 26.0 Å². The second-order valence-corrected chi connectivity index (χ2v) is 7.77. The van der Waals surface area contributed by atoms with Gasteiger partial charge in [-0.25, -0.2) is 9.48 Å². The molecule has 1 aliphatic heterocycles. The van der Waals surface area contributed by atoms with Crippen molar-refractivity contribution in [3.05, 3.63) is 45.1 Å². The Bertz CT molecular complexity index is 992. The third kappa shape index (κ3) is 4.52. The fraction of sp³-hybridized carbons (Fsp3) is 0.333. The van der Waals surface area contributed by atoms with Crippen LogP contribution in [0.1, 0.15) is 25.5 Å². The zero-order chi connectivity index (χ0) is 21.1. The molecule has 1 aliphatic rings. The Morgan fingerprint density at radius 3 is 2.76 bits per heavy atom. The average molecular weight is 457 g/mol. The van der Waals surface area contributed by atoms with Gasteiger partial charge in [0, 0.05) is 21.3 Å². The van der Waals surface area contributed by atoms with Gasteiger partial charge < -0.3 is 14.8 Å². The minimum atomic E-state index is -0.671. The highest BCUT2D eigenvalue weighted by molar-refractivity contribution is 7.99. The monoisotopic (exact) mass is 456 g/mol. The molecule has 0 radical (unpaired) electrons. The lowest BCUT2D eigenvalue weighted by atomic mass is 9.96. The molecule has 0 unspecified atom stereocenters. The summed E-state index contributed by atoms with van der Waals surface area (Å²) in [6.07, 6.45) is 0. The Morgan fingerprint density at radius 1 is 1.34 bits per heavy atom. The van der Waals surface area contributed by atoms with Gasteiger partial charge in [0.05, 0.1) is 25.0 Å². The molecule has 0 fully saturated rings. The van der Waals surface area contributed by atoms with Gasteiger partial charge >= 0.3 is 11.9 Å². The van der Waals surface area contributed by atoms with E-state index in [-0.39, 0.29) is 12.4 Å². The Balaban J connectivity index is 2.08. The molecule has 8 nitrogen and oxygen atoms in total. The van der Waals surface area contributed by atoms with Crippen molar-refractivity contribution in [2.45, 2.75) is 25.0 Å². The van der Waals surface area contributed by atoms with Crippen molar-refractivity contribution in [3.8, 4) is 0 Å². The number of carbonyl (C=O) groups is 2. The number of rotatable bonds is 6. The number of methoxy groups -OCH3 is 1. The first kappa shape index (κ1) is 21.5. The lowest BCUT2D eigenvalue weighted by Crippen LogP contribution is -2.29. The summed E-state index contributed by atoms with van der Waals surface area (Å²) in [5.74, 6) is -0.407. The Morgan fingerprint density at radius 2 is 2.10 bits per heavy atom. The second-order valence-electron chi connectivity index (χ2n) is 5.98. The summed E-state index contributed by atoms with van der Waals surface area (Å²) < 4.78 is 11.4. The standard InChI is InChI=1S/C18H18Cl2N4O4S/c1-4-28-16(26)14-9(2)21-17-22-18(29-8-13(25)27-3)23-24(17)15(14)11-6-5-10(19)7-12(11)20/h5-7,15H,4,8H2,1-3H3,(H,21,22,23)/t15-/m1/s1. The number of halogens is 2. The maximum absolute atomic E-state index is 12.7. The number of anilines is 1. The summed E-state index contributed by atoms with van der Waals surface area (Å²) in [6.45, 7) is 3.71. The van der Waals surface area contributed by atoms with Gasteiger partial charge in [-0.3, -0.25) is 4.79 Å². The van der Waals surface area contributed by atoms with E-state index in [1.54, 1.807) is 36.7 Å². The molecular formula is C18H18Cl2N4O4S. The first-order valence-electron chi connectivity index (χ1n) is 8.61. The van der Waals surface area contributed by atoms with Gasteiger partial charge in [-0.2, -0.15) is 4.98 Å². The van der Waals surface area contributed by atoms with Crippen LogP contribution in [-0.2, 0) is 19.1 Å². The van der Waals surface area contributed by atoms with Crippen LogP contribution in [0, 0.1) is 0 Å². The third-order valence-electron chi connectivity index (χ3n) is 4.13. The van der Waals surface area contributed by atoms with Crippen LogP contribution < -0.4 is 5.32 Å². The molecule has 0 amide bonds. The van der Waals surface area contributed by atoms with Gasteiger partial charge in [-0.15, -0.1) is 5.10 Å². The topological polar surface area (TPSA) is 95.3 Å². The van der Waals surface area contributed by atoms with Gasteiger partial charge in [-0.1, -0.05) is 41.0 Å². The number of benzene rings is 1. The molecule has 1 N–H and O–H groups in total. The van der Waals surface area contributed by atoms with E-state index in [2.05, 4.69) is 20.1 Å². The van der Waals surface area contributed by atoms with Gasteiger partial charge in [0.25, 0.3) is 0 Å². The quantitative estimate of drug-likeness (QED) is 0.518. The number of hydrogen-bond acceptors (Lipinski definition) is 8. The third-order valence-corrected chi connectivity index (χ3v) is 5.51. The molecule has 154 valence electrons. The SMILES string of the molecule is CCOC(=O)C1=C(C)Nc2nc(SCC(=O)OC)nn2[C@@H]1c1ccc(Cl)cc1Cl. The van der Waals surface area contributed by atoms with E-state index in [0.717, 1.165) is 11.8 Å². The van der Waals surface area contributed by atoms with E-state index < -0.39 is 18.0 Å². The Hall–Kier alpha value is -2.23. The molecule has 3 rings (SSSR count). The van der Waals surface area contributed by atoms with Crippen LogP contribution >= 0.6 is 35.0 Å². The number of nitrogens with one attached hydrogen (secondary N) is 1. The fourth-order valence-corrected chi connectivity index (χ4v) is 4.03. The van der Waals surface area contributed by atoms with Crippen LogP contribution in [0.3, 0.4) is 0 Å². The summed E-state index contributed by atoms with van der Waals surface area (Å²) in [5.41, 5.74) is 1.55. The van der Waals surface area contributed by atoms with Crippen molar-refractivity contribution in [1.29, 1.82) is 0 Å². The maximum Gasteiger partial charge on any atom is 0.338 e. The van der Waals surface area contributed by atoms with Crippen molar-refractivity contribution in [2.75, 3.05) is 24.8 Å². The summed E-state index contributed by atoms with van der Waals surface area (Å²) in [5, 5.41) is 8.74. The van der Waals surface area contributed by atoms with Crippen molar-refractivity contribution in [2.24, 2.45) is 0 Å². The zero-order valence-corrected chi connectivity index (χ0v) is 18.2. The van der Waals surface area contributed by atoms with Crippen LogP contribution in [-0.4, -0.2) is 46.2 Å². The highest BCUT2D eigenvalue weighted by Crippen LogP contribution is 2.39. The van der Waals surface area contributed by atoms with E-state index in [4.69, 9.17) is 27.9 Å². The van der Waals surface area contributed by atoms with Crippen LogP contribution in [0.15, 0.2) is 34.6 Å². The van der Waals surface area contributed by atoms with Crippen LogP contribution in [0.25, 0.3) is 0 Å². The summed E-state index contributed by atoms with van der Waals surface area (Å²) in [4.78, 5) is 28.6. The van der Waals surface area contributed by atoms with Gasteiger partial charge in [0.1, 0.15) is 6.04 Å². The zero-order valence-electron chi connectivity index (χ0n) is 15.9. The Labute approximate surface area is 181 Å². The molecule has 0 saturated heterocycles. The van der Waals surface area contributed by atoms with Crippen LogP contribution in [0.2, 0.25) is 10.0 Å². The van der Waals surface area contributed by atoms with E-state index in [1.165, 1.54) is 7.11 Å². The number of thioether (sulfide) groups is 1. The second kappa shape index (κ2) is 9.06. The van der Waals surface area contributed by atoms with Crippen molar-refractivity contribution in [1.82, 2.24) is 14.8 Å². The number of nitrogens with zero attached hydrogens (tertiary/aromatic N) is 3. The lowest BCUT2D eigenvalue weighted by molar-refractivity contribution is -0.139. The average Bonchev–Trinajstić information content (AvgIpc) is 3.08. The van der Waals surface area contributed by atoms with Crippen molar-refractivity contribution < 1.29 is 19.1 Å². The molecule has 1 aromatic carbocycles. The van der Waals surface area contributed by atoms with E-state index in [0.29, 0.717) is 38.0 Å². The maximum atomic E-state index is 12.7. The number of hydrogen-bond donors (Lipinski definition) is 1. The first-order valence-corrected chi connectivity index (χ1v) is 10.4. The smallest absolute Gasteiger partial charge is 0.338 e. The van der Waals surface area contributed by atoms with Gasteiger partial charge in [0.2, 0.25) is 11.1 Å². The number of esters is 2. The number of aromatic nitrogens is 3. The molecule has 0 saturated carbocycles. The molecule has 0 aliphatic carbocycles. The van der Waals surface area contributed by atoms with E-state index >= 15 is 0 Å². The normalized spacial score (nSPS) is 15.6. The molecule has 1 aromatic heterocycles. The Kier molecular flexibility index (Phi) is 6.71. The predicted octanol–water partition coefficient (Wildman–Crippen LogP) is 3.70. The fourth-order valence-electron chi connectivity index (χ4n) is 2.86. The molecule has 11 heteroatoms. The molecular weight excluding hydrogens is 439 g/mol.